The molecular weight excluding hydrogens is 263 g/mol. The Labute approximate surface area is 64.5 Å². The number of hydrogen-bond donors (Lipinski definition) is 0. The summed E-state index contributed by atoms with van der Waals surface area (Å²) in [5, 5.41) is 0. The van der Waals surface area contributed by atoms with Gasteiger partial charge < -0.3 is 0 Å². The predicted octanol–water partition coefficient (Wildman–Crippen LogP) is 1.17. The van der Waals surface area contributed by atoms with Crippen LogP contribution in [-0.2, 0) is 24.4 Å². The standard InChI is InChI=1S/C7H7.Hf/c1-7-5-3-2-4-6-7;/h2-5H,1H3;. The van der Waals surface area contributed by atoms with Crippen LogP contribution in [0.1, 0.15) is 5.56 Å². The van der Waals surface area contributed by atoms with Gasteiger partial charge >= 0.3 is 64.4 Å². The van der Waals surface area contributed by atoms with Gasteiger partial charge in [-0.15, -0.1) is 0 Å². The first-order chi connectivity index (χ1) is 3.80. The topological polar surface area (TPSA) is 0 Å². The molecule has 0 aliphatic carbocycles. The molecule has 1 aromatic rings. The Hall–Kier alpha value is 0.0901. The van der Waals surface area contributed by atoms with E-state index in [0.29, 0.717) is 0 Å². The van der Waals surface area contributed by atoms with Crippen molar-refractivity contribution in [3.63, 3.8) is 0 Å². The van der Waals surface area contributed by atoms with Crippen LogP contribution in [-0.4, -0.2) is 0 Å². The Morgan fingerprint density at radius 2 is 1.88 bits per heavy atom. The van der Waals surface area contributed by atoms with Gasteiger partial charge in [0.25, 0.3) is 0 Å². The molecule has 0 saturated heterocycles. The molecule has 0 atom stereocenters. The Morgan fingerprint density at radius 3 is 2.25 bits per heavy atom. The molecule has 0 nitrogen and oxygen atoms in total. The van der Waals surface area contributed by atoms with Crippen LogP contribution in [0.3, 0.4) is 0 Å². The summed E-state index contributed by atoms with van der Waals surface area (Å²) < 4.78 is 1.51. The van der Waals surface area contributed by atoms with Gasteiger partial charge in [-0.1, -0.05) is 0 Å². The second-order valence-electron chi connectivity index (χ2n) is 1.81. The zero-order valence-corrected chi connectivity index (χ0v) is 8.40. The predicted molar refractivity (Wildman–Crippen MR) is 30.8 cm³/mol. The third kappa shape index (κ3) is 1.28. The van der Waals surface area contributed by atoms with Crippen LogP contribution in [0.5, 0.6) is 0 Å². The molecule has 0 bridgehead atoms. The molecule has 0 radical (unpaired) electrons. The van der Waals surface area contributed by atoms with E-state index in [9.17, 15) is 0 Å². The molecule has 39 valence electrons. The molecule has 1 aromatic carbocycles. The van der Waals surface area contributed by atoms with Crippen LogP contribution < -0.4 is 3.32 Å². The molecule has 0 heterocycles. The van der Waals surface area contributed by atoms with Gasteiger partial charge in [-0.2, -0.15) is 0 Å². The fourth-order valence-electron chi connectivity index (χ4n) is 0.573. The SMILES string of the molecule is Cc1cccc[c]1[Hf]. The molecule has 0 N–H and O–H groups in total. The van der Waals surface area contributed by atoms with E-state index < -0.39 is 0 Å². The first-order valence-electron chi connectivity index (χ1n) is 2.58. The van der Waals surface area contributed by atoms with Crippen LogP contribution in [0.4, 0.5) is 0 Å². The van der Waals surface area contributed by atoms with E-state index in [-0.39, 0.29) is 0 Å². The van der Waals surface area contributed by atoms with E-state index in [4.69, 9.17) is 0 Å². The maximum atomic E-state index is 2.18. The van der Waals surface area contributed by atoms with E-state index >= 15 is 0 Å². The van der Waals surface area contributed by atoms with Gasteiger partial charge in [0.15, 0.2) is 0 Å². The fourth-order valence-corrected chi connectivity index (χ4v) is 1.22. The second-order valence-corrected chi connectivity index (χ2v) is 3.75. The van der Waals surface area contributed by atoms with Crippen molar-refractivity contribution in [2.45, 2.75) is 6.92 Å². The van der Waals surface area contributed by atoms with Crippen LogP contribution in [0.2, 0.25) is 0 Å². The Balaban J connectivity index is 3.13. The minimum atomic E-state index is 1.18. The monoisotopic (exact) mass is 271 g/mol. The molecule has 0 unspecified atom stereocenters. The third-order valence-electron chi connectivity index (χ3n) is 1.15. The number of hydrogen-bond acceptors (Lipinski definition) is 0. The first-order valence-corrected chi connectivity index (χ1v) is 4.37. The third-order valence-corrected chi connectivity index (χ3v) is 3.16. The molecule has 0 aliphatic heterocycles. The Morgan fingerprint density at radius 1 is 1.25 bits per heavy atom. The van der Waals surface area contributed by atoms with Gasteiger partial charge in [0.1, 0.15) is 0 Å². The number of aryl methyl sites for hydroxylation is 1. The summed E-state index contributed by atoms with van der Waals surface area (Å²) in [6.45, 7) is 2.16. The molecule has 0 aliphatic rings. The first kappa shape index (κ1) is 6.21. The van der Waals surface area contributed by atoms with Crippen molar-refractivity contribution in [1.29, 1.82) is 0 Å². The van der Waals surface area contributed by atoms with Crippen LogP contribution >= 0.6 is 0 Å². The van der Waals surface area contributed by atoms with Gasteiger partial charge in [0, 0.05) is 0 Å². The van der Waals surface area contributed by atoms with Crippen molar-refractivity contribution in [3.8, 4) is 0 Å². The van der Waals surface area contributed by atoms with Crippen molar-refractivity contribution >= 4 is 3.32 Å². The average molecular weight is 270 g/mol. The molecule has 0 fully saturated rings. The van der Waals surface area contributed by atoms with E-state index in [1.807, 2.05) is 0 Å². The quantitative estimate of drug-likeness (QED) is 0.620. The molecule has 0 saturated carbocycles. The van der Waals surface area contributed by atoms with Gasteiger partial charge in [0.2, 0.25) is 0 Å². The van der Waals surface area contributed by atoms with Crippen LogP contribution in [0, 0.1) is 6.92 Å². The summed E-state index contributed by atoms with van der Waals surface area (Å²) >= 11 is 1.18. The minimum absolute atomic E-state index is 1.18. The molecule has 0 aromatic heterocycles. The zero-order valence-electron chi connectivity index (χ0n) is 4.81. The second kappa shape index (κ2) is 2.58. The fraction of sp³-hybridized carbons (Fsp3) is 0.143. The molecule has 1 rings (SSSR count). The van der Waals surface area contributed by atoms with Crippen molar-refractivity contribution in [1.82, 2.24) is 0 Å². The molecular formula is C7H7Hf. The summed E-state index contributed by atoms with van der Waals surface area (Å²) in [5.74, 6) is 0. The van der Waals surface area contributed by atoms with E-state index in [0.717, 1.165) is 0 Å². The van der Waals surface area contributed by atoms with Crippen molar-refractivity contribution < 1.29 is 24.4 Å². The normalized spacial score (nSPS) is 9.00. The molecule has 8 heavy (non-hydrogen) atoms. The van der Waals surface area contributed by atoms with E-state index in [2.05, 4.69) is 31.2 Å². The van der Waals surface area contributed by atoms with E-state index in [1.54, 1.807) is 0 Å². The summed E-state index contributed by atoms with van der Waals surface area (Å²) in [7, 11) is 0. The summed E-state index contributed by atoms with van der Waals surface area (Å²) in [5.41, 5.74) is 1.43. The average Bonchev–Trinajstić information content (AvgIpc) is 1.77. The molecule has 0 spiro atoms. The van der Waals surface area contributed by atoms with Crippen molar-refractivity contribution in [2.24, 2.45) is 0 Å². The molecule has 0 amide bonds. The molecule has 1 heteroatoms. The Kier molecular flexibility index (Phi) is 2.01. The Bertz CT molecular complexity index is 160. The van der Waals surface area contributed by atoms with Crippen molar-refractivity contribution in [3.05, 3.63) is 29.8 Å². The number of benzene rings is 1. The summed E-state index contributed by atoms with van der Waals surface area (Å²) in [6, 6.07) is 8.51. The van der Waals surface area contributed by atoms with Crippen molar-refractivity contribution in [2.75, 3.05) is 0 Å². The van der Waals surface area contributed by atoms with Gasteiger partial charge in [-0.3, -0.25) is 0 Å². The van der Waals surface area contributed by atoms with Crippen LogP contribution in [0.15, 0.2) is 24.3 Å². The van der Waals surface area contributed by atoms with Gasteiger partial charge in [-0.25, -0.2) is 0 Å². The van der Waals surface area contributed by atoms with Gasteiger partial charge in [0.05, 0.1) is 0 Å². The zero-order chi connectivity index (χ0) is 5.98. The number of rotatable bonds is 0. The van der Waals surface area contributed by atoms with Gasteiger partial charge in [-0.05, 0) is 0 Å². The summed E-state index contributed by atoms with van der Waals surface area (Å²) in [6.07, 6.45) is 0. The maximum absolute atomic E-state index is 2.18. The van der Waals surface area contributed by atoms with Crippen LogP contribution in [0.25, 0.3) is 0 Å². The summed E-state index contributed by atoms with van der Waals surface area (Å²) in [4.78, 5) is 0. The van der Waals surface area contributed by atoms with E-state index in [1.165, 1.54) is 33.3 Å².